The van der Waals surface area contributed by atoms with Gasteiger partial charge in [-0.1, -0.05) is 37.0 Å². The molecule has 1 aromatic rings. The summed E-state index contributed by atoms with van der Waals surface area (Å²) in [6.45, 7) is 5.09. The molecule has 2 amide bonds. The first kappa shape index (κ1) is 15.8. The Bertz CT molecular complexity index is 490. The monoisotopic (exact) mass is 302 g/mol. The smallest absolute Gasteiger partial charge is 0.247 e. The van der Waals surface area contributed by atoms with Crippen LogP contribution in [0.25, 0.3) is 0 Å². The maximum Gasteiger partial charge on any atom is 0.247 e. The zero-order valence-electron chi connectivity index (χ0n) is 11.0. The van der Waals surface area contributed by atoms with E-state index in [1.54, 1.807) is 18.2 Å². The lowest BCUT2D eigenvalue weighted by Crippen LogP contribution is -2.46. The van der Waals surface area contributed by atoms with E-state index in [0.717, 1.165) is 0 Å². The Labute approximate surface area is 122 Å². The minimum atomic E-state index is -0.591. The maximum atomic E-state index is 12.1. The zero-order valence-corrected chi connectivity index (χ0v) is 12.5. The van der Waals surface area contributed by atoms with Gasteiger partial charge in [0, 0.05) is 12.6 Å². The van der Waals surface area contributed by atoms with Gasteiger partial charge in [0.05, 0.1) is 10.0 Å². The van der Waals surface area contributed by atoms with E-state index in [1.807, 2.05) is 13.8 Å². The molecule has 0 fully saturated rings. The second kappa shape index (κ2) is 6.78. The van der Waals surface area contributed by atoms with E-state index in [9.17, 15) is 9.59 Å². The highest BCUT2D eigenvalue weighted by Gasteiger charge is 2.23. The number of carbonyl (C=O) groups is 2. The van der Waals surface area contributed by atoms with Crippen molar-refractivity contribution in [2.24, 2.45) is 5.92 Å². The highest BCUT2D eigenvalue weighted by molar-refractivity contribution is 6.42. The Kier molecular flexibility index (Phi) is 5.63. The molecule has 1 atom stereocenters. The quantitative estimate of drug-likeness (QED) is 0.898. The Morgan fingerprint density at radius 2 is 1.79 bits per heavy atom. The van der Waals surface area contributed by atoms with Crippen molar-refractivity contribution in [1.29, 1.82) is 0 Å². The molecule has 0 aromatic heterocycles. The molecule has 4 nitrogen and oxygen atoms in total. The van der Waals surface area contributed by atoms with Gasteiger partial charge in [0.1, 0.15) is 6.04 Å². The van der Waals surface area contributed by atoms with Gasteiger partial charge < -0.3 is 10.6 Å². The molecule has 0 bridgehead atoms. The fourth-order valence-corrected chi connectivity index (χ4v) is 1.85. The number of nitrogens with one attached hydrogen (secondary N) is 2. The van der Waals surface area contributed by atoms with Crippen LogP contribution >= 0.6 is 23.2 Å². The number of hydrogen-bond donors (Lipinski definition) is 2. The molecule has 2 N–H and O–H groups in total. The number of halogens is 2. The predicted molar refractivity (Wildman–Crippen MR) is 77.5 cm³/mol. The van der Waals surface area contributed by atoms with Gasteiger partial charge in [-0.2, -0.15) is 0 Å². The molecule has 1 aromatic carbocycles. The molecule has 0 aliphatic rings. The lowest BCUT2D eigenvalue weighted by Gasteiger charge is -2.21. The normalized spacial score (nSPS) is 12.1. The van der Waals surface area contributed by atoms with E-state index < -0.39 is 6.04 Å². The van der Waals surface area contributed by atoms with Crippen LogP contribution in [-0.2, 0) is 9.59 Å². The third-order valence-electron chi connectivity index (χ3n) is 2.50. The lowest BCUT2D eigenvalue weighted by molar-refractivity contribution is -0.126. The second-order valence-corrected chi connectivity index (χ2v) is 5.35. The second-order valence-electron chi connectivity index (χ2n) is 4.54. The van der Waals surface area contributed by atoms with Crippen LogP contribution in [0.15, 0.2) is 18.2 Å². The average Bonchev–Trinajstić information content (AvgIpc) is 2.30. The van der Waals surface area contributed by atoms with Crippen LogP contribution in [0.2, 0.25) is 10.0 Å². The summed E-state index contributed by atoms with van der Waals surface area (Å²) in [5.74, 6) is -0.557. The predicted octanol–water partition coefficient (Wildman–Crippen LogP) is 3.09. The first-order valence-electron chi connectivity index (χ1n) is 5.84. The molecule has 0 heterocycles. The van der Waals surface area contributed by atoms with E-state index in [4.69, 9.17) is 23.2 Å². The molecule has 0 aliphatic heterocycles. The third kappa shape index (κ3) is 4.73. The molecule has 0 aliphatic carbocycles. The van der Waals surface area contributed by atoms with Crippen molar-refractivity contribution in [3.63, 3.8) is 0 Å². The van der Waals surface area contributed by atoms with E-state index in [2.05, 4.69) is 10.6 Å². The summed E-state index contributed by atoms with van der Waals surface area (Å²) >= 11 is 11.7. The fourth-order valence-electron chi connectivity index (χ4n) is 1.55. The molecule has 104 valence electrons. The van der Waals surface area contributed by atoms with E-state index in [1.165, 1.54) is 6.92 Å². The van der Waals surface area contributed by atoms with Crippen molar-refractivity contribution in [2.75, 3.05) is 5.32 Å². The Morgan fingerprint density at radius 3 is 2.26 bits per heavy atom. The third-order valence-corrected chi connectivity index (χ3v) is 3.23. The van der Waals surface area contributed by atoms with E-state index in [-0.39, 0.29) is 17.7 Å². The molecule has 0 saturated carbocycles. The van der Waals surface area contributed by atoms with Gasteiger partial charge in [-0.25, -0.2) is 0 Å². The first-order chi connectivity index (χ1) is 8.81. The van der Waals surface area contributed by atoms with Gasteiger partial charge in [0.15, 0.2) is 0 Å². The van der Waals surface area contributed by atoms with Crippen LogP contribution in [0.3, 0.4) is 0 Å². The molecule has 1 unspecified atom stereocenters. The molecule has 1 rings (SSSR count). The Hall–Kier alpha value is -1.26. The molecule has 0 radical (unpaired) electrons. The molecule has 6 heteroatoms. The summed E-state index contributed by atoms with van der Waals surface area (Å²) in [6.07, 6.45) is 0. The Balaban J connectivity index is 2.81. The van der Waals surface area contributed by atoms with Gasteiger partial charge in [-0.05, 0) is 24.1 Å². The van der Waals surface area contributed by atoms with Gasteiger partial charge >= 0.3 is 0 Å². The Morgan fingerprint density at radius 1 is 1.16 bits per heavy atom. The fraction of sp³-hybridized carbons (Fsp3) is 0.385. The largest absolute Gasteiger partial charge is 0.344 e. The summed E-state index contributed by atoms with van der Waals surface area (Å²) in [7, 11) is 0. The highest BCUT2D eigenvalue weighted by Crippen LogP contribution is 2.25. The van der Waals surface area contributed by atoms with Gasteiger partial charge in [-0.3, -0.25) is 9.59 Å². The summed E-state index contributed by atoms with van der Waals surface area (Å²) in [5.41, 5.74) is 0.537. The van der Waals surface area contributed by atoms with Crippen LogP contribution in [0.1, 0.15) is 20.8 Å². The van der Waals surface area contributed by atoms with Crippen molar-refractivity contribution in [3.05, 3.63) is 28.2 Å². The van der Waals surface area contributed by atoms with Gasteiger partial charge in [0.25, 0.3) is 0 Å². The summed E-state index contributed by atoms with van der Waals surface area (Å²) in [5, 5.41) is 6.09. The van der Waals surface area contributed by atoms with Crippen molar-refractivity contribution >= 4 is 40.7 Å². The number of hydrogen-bond acceptors (Lipinski definition) is 2. The van der Waals surface area contributed by atoms with Crippen molar-refractivity contribution < 1.29 is 9.59 Å². The first-order valence-corrected chi connectivity index (χ1v) is 6.60. The highest BCUT2D eigenvalue weighted by atomic mass is 35.5. The molecular weight excluding hydrogens is 287 g/mol. The maximum absolute atomic E-state index is 12.1. The molecule has 0 spiro atoms. The zero-order chi connectivity index (χ0) is 14.6. The van der Waals surface area contributed by atoms with Crippen molar-refractivity contribution in [2.45, 2.75) is 26.8 Å². The molecule has 19 heavy (non-hydrogen) atoms. The van der Waals surface area contributed by atoms with E-state index >= 15 is 0 Å². The number of benzene rings is 1. The number of anilines is 1. The van der Waals surface area contributed by atoms with Crippen molar-refractivity contribution in [3.8, 4) is 0 Å². The topological polar surface area (TPSA) is 58.2 Å². The van der Waals surface area contributed by atoms with Crippen molar-refractivity contribution in [1.82, 2.24) is 5.32 Å². The minimum Gasteiger partial charge on any atom is -0.344 e. The minimum absolute atomic E-state index is 0.0216. The average molecular weight is 303 g/mol. The van der Waals surface area contributed by atoms with Crippen LogP contribution < -0.4 is 10.6 Å². The van der Waals surface area contributed by atoms with Gasteiger partial charge in [-0.15, -0.1) is 0 Å². The van der Waals surface area contributed by atoms with E-state index in [0.29, 0.717) is 15.7 Å². The number of rotatable bonds is 4. The summed E-state index contributed by atoms with van der Waals surface area (Å²) in [4.78, 5) is 23.2. The summed E-state index contributed by atoms with van der Waals surface area (Å²) in [6, 6.07) is 4.22. The van der Waals surface area contributed by atoms with Crippen LogP contribution in [0.5, 0.6) is 0 Å². The van der Waals surface area contributed by atoms with Gasteiger partial charge in [0.2, 0.25) is 11.8 Å². The lowest BCUT2D eigenvalue weighted by atomic mass is 10.0. The molecular formula is C13H16Cl2N2O2. The molecule has 0 saturated heterocycles. The van der Waals surface area contributed by atoms with Crippen LogP contribution in [0.4, 0.5) is 5.69 Å². The number of carbonyl (C=O) groups excluding carboxylic acids is 2. The number of amides is 2. The van der Waals surface area contributed by atoms with Crippen LogP contribution in [0, 0.1) is 5.92 Å². The summed E-state index contributed by atoms with van der Waals surface area (Å²) < 4.78 is 0. The SMILES string of the molecule is CC(=O)NC(C(=O)Nc1ccc(Cl)c(Cl)c1)C(C)C. The van der Waals surface area contributed by atoms with Crippen LogP contribution in [-0.4, -0.2) is 17.9 Å². The standard InChI is InChI=1S/C13H16Cl2N2O2/c1-7(2)12(16-8(3)18)13(19)17-9-4-5-10(14)11(15)6-9/h4-7,12H,1-3H3,(H,16,18)(H,17,19).